The molecule has 2 aromatic heterocycles. The van der Waals surface area contributed by atoms with Gasteiger partial charge in [0.05, 0.1) is 9.79 Å². The lowest BCUT2D eigenvalue weighted by Gasteiger charge is -2.22. The highest BCUT2D eigenvalue weighted by molar-refractivity contribution is 7.91. The number of pyridine rings is 1. The van der Waals surface area contributed by atoms with Crippen LogP contribution in [0.4, 0.5) is 0 Å². The van der Waals surface area contributed by atoms with E-state index in [1.54, 1.807) is 18.2 Å². The molecule has 0 spiro atoms. The topological polar surface area (TPSA) is 84.5 Å². The van der Waals surface area contributed by atoms with Crippen LogP contribution in [-0.4, -0.2) is 50.2 Å². The third-order valence-electron chi connectivity index (χ3n) is 5.24. The molecule has 4 heterocycles. The molecule has 0 aliphatic carbocycles. The lowest BCUT2D eigenvalue weighted by Crippen LogP contribution is -2.23. The molecule has 0 amide bonds. The number of sulfone groups is 1. The van der Waals surface area contributed by atoms with E-state index in [0.717, 1.165) is 30.6 Å². The number of hydrogen-bond donors (Lipinski definition) is 1. The number of hydrogen-bond acceptors (Lipinski definition) is 6. The Morgan fingerprint density at radius 1 is 1.18 bits per heavy atom. The van der Waals surface area contributed by atoms with E-state index in [1.807, 2.05) is 6.20 Å². The van der Waals surface area contributed by atoms with Crippen molar-refractivity contribution in [2.75, 3.05) is 26.9 Å². The Morgan fingerprint density at radius 3 is 2.86 bits per heavy atom. The third kappa shape index (κ3) is 2.68. The monoisotopic (exact) mass is 397 g/mol. The Kier molecular flexibility index (Phi) is 3.92. The van der Waals surface area contributed by atoms with Crippen molar-refractivity contribution in [3.05, 3.63) is 48.3 Å². The van der Waals surface area contributed by atoms with Crippen molar-refractivity contribution in [1.29, 1.82) is 0 Å². The highest BCUT2D eigenvalue weighted by atomic mass is 32.2. The van der Waals surface area contributed by atoms with Gasteiger partial charge < -0.3 is 19.4 Å². The molecule has 28 heavy (non-hydrogen) atoms. The highest BCUT2D eigenvalue weighted by Crippen LogP contribution is 2.38. The second-order valence-corrected chi connectivity index (χ2v) is 8.91. The van der Waals surface area contributed by atoms with E-state index in [9.17, 15) is 8.42 Å². The Morgan fingerprint density at radius 2 is 2.04 bits per heavy atom. The molecule has 8 heteroatoms. The fourth-order valence-electron chi connectivity index (χ4n) is 3.69. The third-order valence-corrected chi connectivity index (χ3v) is 7.03. The van der Waals surface area contributed by atoms with Gasteiger partial charge in [-0.2, -0.15) is 0 Å². The molecule has 144 valence electrons. The number of fused-ring (bicyclic) bond motifs is 2. The summed E-state index contributed by atoms with van der Waals surface area (Å²) < 4.78 is 37.6. The predicted molar refractivity (Wildman–Crippen MR) is 104 cm³/mol. The van der Waals surface area contributed by atoms with Gasteiger partial charge in [-0.15, -0.1) is 0 Å². The quantitative estimate of drug-likeness (QED) is 0.732. The van der Waals surface area contributed by atoms with Crippen LogP contribution in [0.2, 0.25) is 0 Å². The van der Waals surface area contributed by atoms with Crippen LogP contribution in [0.15, 0.2) is 52.5 Å². The fourth-order valence-corrected chi connectivity index (χ4v) is 5.17. The molecule has 2 aliphatic heterocycles. The molecule has 0 atom stereocenters. The molecule has 0 saturated heterocycles. The summed E-state index contributed by atoms with van der Waals surface area (Å²) in [6.07, 6.45) is 6.39. The van der Waals surface area contributed by atoms with Crippen molar-refractivity contribution in [2.24, 2.45) is 0 Å². The van der Waals surface area contributed by atoms with Gasteiger partial charge in [-0.1, -0.05) is 6.08 Å². The van der Waals surface area contributed by atoms with Gasteiger partial charge >= 0.3 is 0 Å². The van der Waals surface area contributed by atoms with Crippen LogP contribution in [0.1, 0.15) is 12.0 Å². The number of H-pyrrole nitrogens is 1. The summed E-state index contributed by atoms with van der Waals surface area (Å²) in [5, 5.41) is 0.635. The number of rotatable bonds is 3. The van der Waals surface area contributed by atoms with Crippen LogP contribution in [0.5, 0.6) is 11.5 Å². The first-order chi connectivity index (χ1) is 13.5. The van der Waals surface area contributed by atoms with E-state index < -0.39 is 9.84 Å². The van der Waals surface area contributed by atoms with Crippen LogP contribution in [-0.2, 0) is 9.84 Å². The maximum Gasteiger partial charge on any atom is 0.231 e. The molecule has 3 aromatic rings. The average Bonchev–Trinajstić information content (AvgIpc) is 3.34. The van der Waals surface area contributed by atoms with Gasteiger partial charge in [-0.25, -0.2) is 13.4 Å². The van der Waals surface area contributed by atoms with E-state index in [-0.39, 0.29) is 16.6 Å². The summed E-state index contributed by atoms with van der Waals surface area (Å²) in [7, 11) is -1.69. The van der Waals surface area contributed by atoms with Crippen LogP contribution in [0.3, 0.4) is 0 Å². The molecule has 5 rings (SSSR count). The largest absolute Gasteiger partial charge is 0.454 e. The summed E-state index contributed by atoms with van der Waals surface area (Å²) in [4.78, 5) is 10.1. The maximum absolute atomic E-state index is 13.5. The standard InChI is InChI=1S/C20H19N3O4S/c1-23-8-5-13(6-9-23)15-11-22-20-19(15)18(4-7-21-20)28(24,25)14-2-3-16-17(10-14)27-12-26-16/h2-5,7,10-11H,6,8-9,12H2,1H3,(H,21,22). The minimum Gasteiger partial charge on any atom is -0.454 e. The van der Waals surface area contributed by atoms with E-state index in [4.69, 9.17) is 9.47 Å². The molecule has 0 unspecified atom stereocenters. The Bertz CT molecular complexity index is 1210. The van der Waals surface area contributed by atoms with Gasteiger partial charge in [0.1, 0.15) is 5.65 Å². The minimum atomic E-state index is -3.76. The van der Waals surface area contributed by atoms with Gasteiger partial charge in [0, 0.05) is 42.5 Å². The van der Waals surface area contributed by atoms with Crippen molar-refractivity contribution in [3.63, 3.8) is 0 Å². The first-order valence-corrected chi connectivity index (χ1v) is 10.5. The van der Waals surface area contributed by atoms with Crippen molar-refractivity contribution >= 4 is 26.4 Å². The van der Waals surface area contributed by atoms with Crippen LogP contribution in [0.25, 0.3) is 16.6 Å². The summed E-state index contributed by atoms with van der Waals surface area (Å²) >= 11 is 0. The van der Waals surface area contributed by atoms with E-state index in [1.165, 1.54) is 12.3 Å². The lowest BCUT2D eigenvalue weighted by atomic mass is 10.00. The van der Waals surface area contributed by atoms with E-state index in [0.29, 0.717) is 22.5 Å². The van der Waals surface area contributed by atoms with E-state index >= 15 is 0 Å². The molecule has 0 radical (unpaired) electrons. The molecule has 1 N–H and O–H groups in total. The van der Waals surface area contributed by atoms with Gasteiger partial charge in [0.2, 0.25) is 16.6 Å². The Labute approximate surface area is 162 Å². The molecular weight excluding hydrogens is 378 g/mol. The number of likely N-dealkylation sites (N-methyl/N-ethyl adjacent to an activating group) is 1. The minimum absolute atomic E-state index is 0.100. The van der Waals surface area contributed by atoms with Gasteiger partial charge in [-0.05, 0) is 37.2 Å². The number of nitrogens with one attached hydrogen (secondary N) is 1. The van der Waals surface area contributed by atoms with Crippen LogP contribution in [0, 0.1) is 0 Å². The molecule has 0 saturated carbocycles. The summed E-state index contributed by atoms with van der Waals surface area (Å²) in [6.45, 7) is 1.87. The van der Waals surface area contributed by atoms with Crippen LogP contribution < -0.4 is 9.47 Å². The molecule has 7 nitrogen and oxygen atoms in total. The Balaban J connectivity index is 1.67. The number of aromatic amines is 1. The van der Waals surface area contributed by atoms with Gasteiger partial charge in [0.15, 0.2) is 11.5 Å². The predicted octanol–water partition coefficient (Wildman–Crippen LogP) is 2.84. The summed E-state index contributed by atoms with van der Waals surface area (Å²) in [5.41, 5.74) is 2.60. The maximum atomic E-state index is 13.5. The zero-order valence-electron chi connectivity index (χ0n) is 15.3. The highest BCUT2D eigenvalue weighted by Gasteiger charge is 2.27. The lowest BCUT2D eigenvalue weighted by molar-refractivity contribution is 0.174. The molecule has 0 fully saturated rings. The number of benzene rings is 1. The smallest absolute Gasteiger partial charge is 0.231 e. The van der Waals surface area contributed by atoms with Crippen molar-refractivity contribution in [3.8, 4) is 11.5 Å². The van der Waals surface area contributed by atoms with E-state index in [2.05, 4.69) is 28.0 Å². The summed E-state index contributed by atoms with van der Waals surface area (Å²) in [6, 6.07) is 6.27. The van der Waals surface area contributed by atoms with Crippen LogP contribution >= 0.6 is 0 Å². The summed E-state index contributed by atoms with van der Waals surface area (Å²) in [5.74, 6) is 0.997. The first kappa shape index (κ1) is 17.3. The van der Waals surface area contributed by atoms with Crippen molar-refractivity contribution in [2.45, 2.75) is 16.2 Å². The Hall–Kier alpha value is -2.84. The normalized spacial score (nSPS) is 17.1. The second-order valence-electron chi connectivity index (χ2n) is 7.00. The van der Waals surface area contributed by atoms with Crippen molar-refractivity contribution in [1.82, 2.24) is 14.9 Å². The fraction of sp³-hybridized carbons (Fsp3) is 0.250. The number of nitrogens with zero attached hydrogens (tertiary/aromatic N) is 2. The number of ether oxygens (including phenoxy) is 2. The molecule has 1 aromatic carbocycles. The van der Waals surface area contributed by atoms with Gasteiger partial charge in [0.25, 0.3) is 0 Å². The zero-order chi connectivity index (χ0) is 19.3. The molecule has 0 bridgehead atoms. The molecule has 2 aliphatic rings. The number of aromatic nitrogens is 2. The molecular formula is C20H19N3O4S. The average molecular weight is 397 g/mol. The zero-order valence-corrected chi connectivity index (χ0v) is 16.1. The second kappa shape index (κ2) is 6.35. The SMILES string of the molecule is CN1CC=C(c2c[nH]c3nccc(S(=O)(=O)c4ccc5c(c4)OCO5)c23)CC1. The van der Waals surface area contributed by atoms with Gasteiger partial charge in [-0.3, -0.25) is 0 Å². The van der Waals surface area contributed by atoms with Crippen molar-refractivity contribution < 1.29 is 17.9 Å². The first-order valence-electron chi connectivity index (χ1n) is 9.03.